The van der Waals surface area contributed by atoms with Gasteiger partial charge in [-0.25, -0.2) is 4.98 Å². The van der Waals surface area contributed by atoms with E-state index in [4.69, 9.17) is 22.6 Å². The van der Waals surface area contributed by atoms with E-state index in [1.807, 2.05) is 36.4 Å². The van der Waals surface area contributed by atoms with Crippen LogP contribution in [0.1, 0.15) is 11.1 Å². The number of nitrogen functional groups attached to an aromatic ring is 1. The number of nitriles is 2. The van der Waals surface area contributed by atoms with Crippen molar-refractivity contribution in [1.29, 1.82) is 10.5 Å². The third-order valence-corrected chi connectivity index (χ3v) is 5.80. The van der Waals surface area contributed by atoms with Crippen LogP contribution in [0.3, 0.4) is 0 Å². The molecule has 1 aliphatic heterocycles. The number of hydrogen-bond donors (Lipinski definition) is 1. The van der Waals surface area contributed by atoms with Gasteiger partial charge in [-0.2, -0.15) is 10.5 Å². The topological polar surface area (TPSA) is 111 Å². The maximum atomic E-state index is 12.6. The minimum Gasteiger partial charge on any atom is -0.367 e. The molecule has 1 aromatic carbocycles. The number of halogens is 1. The van der Waals surface area contributed by atoms with Gasteiger partial charge in [-0.1, -0.05) is 35.5 Å². The summed E-state index contributed by atoms with van der Waals surface area (Å²) >= 11 is 7.46. The van der Waals surface area contributed by atoms with Gasteiger partial charge in [-0.05, 0) is 18.2 Å². The Morgan fingerprint density at radius 3 is 2.50 bits per heavy atom. The number of aromatic amines is 1. The minimum absolute atomic E-state index is 0.0102. The van der Waals surface area contributed by atoms with Crippen LogP contribution in [0.2, 0.25) is 5.02 Å². The Morgan fingerprint density at radius 1 is 1.18 bits per heavy atom. The molecule has 1 fully saturated rings. The standard InChI is InChI=1S/C19H17ClN6OS/c20-15-3-1-2-4-16(15)25-5-7-26(8-6-25)17(27)12-28-19-14(11-22)9-13(10-21)18(23)24-19/h1-4,9H,5-8,12H2,(H2,23,24)/p+1. The molecule has 1 aromatic heterocycles. The van der Waals surface area contributed by atoms with E-state index >= 15 is 0 Å². The second-order valence-electron chi connectivity index (χ2n) is 6.17. The van der Waals surface area contributed by atoms with Gasteiger partial charge < -0.3 is 9.80 Å². The highest BCUT2D eigenvalue weighted by molar-refractivity contribution is 7.99. The van der Waals surface area contributed by atoms with Crippen LogP contribution in [0.15, 0.2) is 35.4 Å². The number of nitrogens with zero attached hydrogens (tertiary/aromatic N) is 4. The highest BCUT2D eigenvalue weighted by Gasteiger charge is 2.23. The Labute approximate surface area is 172 Å². The number of carbonyl (C=O) groups excluding carboxylic acids is 1. The van der Waals surface area contributed by atoms with Gasteiger partial charge in [0, 0.05) is 26.2 Å². The van der Waals surface area contributed by atoms with E-state index in [0.29, 0.717) is 41.8 Å². The summed E-state index contributed by atoms with van der Waals surface area (Å²) in [5.74, 6) is 0.358. The van der Waals surface area contributed by atoms with E-state index in [1.54, 1.807) is 4.90 Å². The molecule has 3 rings (SSSR count). The molecule has 2 heterocycles. The number of aromatic nitrogens is 1. The lowest BCUT2D eigenvalue weighted by atomic mass is 10.2. The summed E-state index contributed by atoms with van der Waals surface area (Å²) in [4.78, 5) is 19.4. The number of benzene rings is 1. The molecule has 0 bridgehead atoms. The van der Waals surface area contributed by atoms with E-state index in [-0.39, 0.29) is 23.0 Å². The maximum absolute atomic E-state index is 12.6. The largest absolute Gasteiger partial charge is 0.367 e. The van der Waals surface area contributed by atoms with Crippen LogP contribution < -0.4 is 15.6 Å². The van der Waals surface area contributed by atoms with Crippen LogP contribution >= 0.6 is 23.4 Å². The molecule has 2 aromatic rings. The molecule has 0 unspecified atom stereocenters. The van der Waals surface area contributed by atoms with E-state index in [9.17, 15) is 10.1 Å². The number of nitrogens with one attached hydrogen (secondary N) is 1. The van der Waals surface area contributed by atoms with Crippen molar-refractivity contribution in [2.75, 3.05) is 42.6 Å². The predicted molar refractivity (Wildman–Crippen MR) is 108 cm³/mol. The lowest BCUT2D eigenvalue weighted by Crippen LogP contribution is -2.49. The number of nitrogens with two attached hydrogens (primary N) is 1. The Bertz CT molecular complexity index is 975. The summed E-state index contributed by atoms with van der Waals surface area (Å²) in [6, 6.07) is 13.1. The first-order valence-corrected chi connectivity index (χ1v) is 9.96. The molecule has 28 heavy (non-hydrogen) atoms. The van der Waals surface area contributed by atoms with Gasteiger partial charge in [-0.3, -0.25) is 10.5 Å². The summed E-state index contributed by atoms with van der Waals surface area (Å²) in [5.41, 5.74) is 7.26. The number of anilines is 2. The SMILES string of the molecule is N#Cc1cc(C#N)c(SCC(=O)N2CCN(c3ccccc3Cl)CC2)[nH+]c1N. The zero-order valence-corrected chi connectivity index (χ0v) is 16.6. The molecular weight excluding hydrogens is 396 g/mol. The number of piperazine rings is 1. The van der Waals surface area contributed by atoms with Crippen molar-refractivity contribution in [2.24, 2.45) is 0 Å². The second-order valence-corrected chi connectivity index (χ2v) is 7.56. The number of rotatable bonds is 4. The van der Waals surface area contributed by atoms with E-state index in [1.165, 1.54) is 17.8 Å². The summed E-state index contributed by atoms with van der Waals surface area (Å²) in [6.07, 6.45) is 0. The number of H-pyrrole nitrogens is 1. The van der Waals surface area contributed by atoms with Crippen molar-refractivity contribution in [2.45, 2.75) is 5.03 Å². The zero-order chi connectivity index (χ0) is 20.1. The highest BCUT2D eigenvalue weighted by atomic mass is 35.5. The van der Waals surface area contributed by atoms with Crippen molar-refractivity contribution in [1.82, 2.24) is 4.90 Å². The molecule has 9 heteroatoms. The molecule has 1 amide bonds. The van der Waals surface area contributed by atoms with Crippen LogP contribution in [0, 0.1) is 22.7 Å². The Kier molecular flexibility index (Phi) is 6.25. The molecular formula is C19H18ClN6OS+. The molecule has 1 aliphatic rings. The molecule has 0 aliphatic carbocycles. The summed E-state index contributed by atoms with van der Waals surface area (Å²) in [7, 11) is 0. The number of pyridine rings is 1. The fourth-order valence-electron chi connectivity index (χ4n) is 2.96. The lowest BCUT2D eigenvalue weighted by Gasteiger charge is -2.36. The molecule has 7 nitrogen and oxygen atoms in total. The molecule has 0 atom stereocenters. The zero-order valence-electron chi connectivity index (χ0n) is 15.0. The molecule has 1 saturated heterocycles. The number of thioether (sulfide) groups is 1. The van der Waals surface area contributed by atoms with Crippen LogP contribution in [0.25, 0.3) is 0 Å². The maximum Gasteiger partial charge on any atom is 0.289 e. The number of hydrogen-bond acceptors (Lipinski definition) is 6. The van der Waals surface area contributed by atoms with Gasteiger partial charge >= 0.3 is 0 Å². The third kappa shape index (κ3) is 4.30. The van der Waals surface area contributed by atoms with Crippen molar-refractivity contribution in [3.63, 3.8) is 0 Å². The van der Waals surface area contributed by atoms with Gasteiger partial charge in [-0.15, -0.1) is 0 Å². The van der Waals surface area contributed by atoms with Gasteiger partial charge in [0.1, 0.15) is 23.3 Å². The highest BCUT2D eigenvalue weighted by Crippen LogP contribution is 2.26. The smallest absolute Gasteiger partial charge is 0.289 e. The fraction of sp³-hybridized carbons (Fsp3) is 0.263. The fourth-order valence-corrected chi connectivity index (χ4v) is 4.11. The van der Waals surface area contributed by atoms with Crippen molar-refractivity contribution >= 4 is 40.8 Å². The van der Waals surface area contributed by atoms with Crippen molar-refractivity contribution < 1.29 is 9.78 Å². The Balaban J connectivity index is 1.59. The molecule has 0 spiro atoms. The first-order chi connectivity index (χ1) is 13.5. The number of para-hydroxylation sites is 1. The third-order valence-electron chi connectivity index (χ3n) is 4.48. The second kappa shape index (κ2) is 8.83. The monoisotopic (exact) mass is 413 g/mol. The molecule has 0 saturated carbocycles. The quantitative estimate of drug-likeness (QED) is 0.766. The first-order valence-electron chi connectivity index (χ1n) is 8.59. The molecule has 0 radical (unpaired) electrons. The molecule has 3 N–H and O–H groups in total. The van der Waals surface area contributed by atoms with Crippen LogP contribution in [-0.4, -0.2) is 42.7 Å². The van der Waals surface area contributed by atoms with Gasteiger partial charge in [0.15, 0.2) is 5.03 Å². The van der Waals surface area contributed by atoms with E-state index in [2.05, 4.69) is 9.88 Å². The number of amides is 1. The van der Waals surface area contributed by atoms with Gasteiger partial charge in [0.05, 0.1) is 16.5 Å². The summed E-state index contributed by atoms with van der Waals surface area (Å²) in [6.45, 7) is 2.63. The predicted octanol–water partition coefficient (Wildman–Crippen LogP) is 1.92. The first kappa shape index (κ1) is 19.8. The number of carbonyl (C=O) groups is 1. The average Bonchev–Trinajstić information content (AvgIpc) is 2.72. The normalized spacial score (nSPS) is 13.7. The Morgan fingerprint density at radius 2 is 1.86 bits per heavy atom. The van der Waals surface area contributed by atoms with Gasteiger partial charge in [0.2, 0.25) is 5.91 Å². The van der Waals surface area contributed by atoms with E-state index < -0.39 is 0 Å². The average molecular weight is 414 g/mol. The Hall–Kier alpha value is -2.94. The van der Waals surface area contributed by atoms with E-state index in [0.717, 1.165) is 5.69 Å². The minimum atomic E-state index is -0.0102. The van der Waals surface area contributed by atoms with Crippen LogP contribution in [-0.2, 0) is 4.79 Å². The van der Waals surface area contributed by atoms with Crippen LogP contribution in [0.5, 0.6) is 0 Å². The lowest BCUT2D eigenvalue weighted by molar-refractivity contribution is -0.410. The van der Waals surface area contributed by atoms with Crippen molar-refractivity contribution in [3.05, 3.63) is 46.5 Å². The summed E-state index contributed by atoms with van der Waals surface area (Å²) in [5, 5.41) is 19.4. The van der Waals surface area contributed by atoms with Crippen molar-refractivity contribution in [3.8, 4) is 12.1 Å². The molecule has 142 valence electrons. The summed E-state index contributed by atoms with van der Waals surface area (Å²) < 4.78 is 0. The van der Waals surface area contributed by atoms with Gasteiger partial charge in [0.25, 0.3) is 5.82 Å². The van der Waals surface area contributed by atoms with Crippen LogP contribution in [0.4, 0.5) is 11.5 Å².